The first-order valence-electron chi connectivity index (χ1n) is 10.5. The Bertz CT molecular complexity index is 590. The van der Waals surface area contributed by atoms with Crippen LogP contribution in [0, 0.1) is 11.7 Å². The Kier molecular flexibility index (Phi) is 12.7. The molecule has 2 rings (SSSR count). The van der Waals surface area contributed by atoms with Crippen molar-refractivity contribution in [3.05, 3.63) is 35.6 Å². The fourth-order valence-corrected chi connectivity index (χ4v) is 3.38. The SMILES string of the molecule is CCNC(=NCC1(c2ccc(F)cc2)CCOCC1)NCCCOCC(C)C.I. The second kappa shape index (κ2) is 14.1. The van der Waals surface area contributed by atoms with Crippen LogP contribution in [0.3, 0.4) is 0 Å². The molecule has 29 heavy (non-hydrogen) atoms. The molecule has 0 unspecified atom stereocenters. The molecule has 0 atom stereocenters. The van der Waals surface area contributed by atoms with Crippen LogP contribution in [0.4, 0.5) is 4.39 Å². The number of hydrogen-bond donors (Lipinski definition) is 2. The third-order valence-electron chi connectivity index (χ3n) is 5.00. The molecule has 1 fully saturated rings. The summed E-state index contributed by atoms with van der Waals surface area (Å²) < 4.78 is 24.6. The minimum Gasteiger partial charge on any atom is -0.381 e. The lowest BCUT2D eigenvalue weighted by atomic mass is 9.74. The van der Waals surface area contributed by atoms with E-state index in [1.807, 2.05) is 12.1 Å². The predicted octanol–water partition coefficient (Wildman–Crippen LogP) is 4.11. The van der Waals surface area contributed by atoms with Crippen LogP contribution in [-0.4, -0.2) is 52.0 Å². The Hall–Kier alpha value is -0.930. The highest BCUT2D eigenvalue weighted by molar-refractivity contribution is 14.0. The zero-order valence-corrected chi connectivity index (χ0v) is 20.3. The fourth-order valence-electron chi connectivity index (χ4n) is 3.38. The molecule has 0 aromatic heterocycles. The number of benzene rings is 1. The molecule has 0 spiro atoms. The summed E-state index contributed by atoms with van der Waals surface area (Å²) in [4.78, 5) is 4.86. The van der Waals surface area contributed by atoms with E-state index in [1.165, 1.54) is 12.1 Å². The zero-order chi connectivity index (χ0) is 20.2. The molecule has 0 saturated carbocycles. The Balaban J connectivity index is 0.00000420. The highest BCUT2D eigenvalue weighted by Gasteiger charge is 2.34. The summed E-state index contributed by atoms with van der Waals surface area (Å²) in [6.07, 6.45) is 2.73. The third-order valence-corrected chi connectivity index (χ3v) is 5.00. The van der Waals surface area contributed by atoms with Crippen molar-refractivity contribution in [3.63, 3.8) is 0 Å². The molecular weight excluding hydrogens is 484 g/mol. The first kappa shape index (κ1) is 26.1. The van der Waals surface area contributed by atoms with Gasteiger partial charge in [-0.25, -0.2) is 4.39 Å². The van der Waals surface area contributed by atoms with E-state index >= 15 is 0 Å². The quantitative estimate of drug-likeness (QED) is 0.211. The van der Waals surface area contributed by atoms with Crippen molar-refractivity contribution in [3.8, 4) is 0 Å². The minimum absolute atomic E-state index is 0. The van der Waals surface area contributed by atoms with Gasteiger partial charge in [0.25, 0.3) is 0 Å². The average molecular weight is 521 g/mol. The maximum absolute atomic E-state index is 13.4. The van der Waals surface area contributed by atoms with E-state index in [9.17, 15) is 4.39 Å². The summed E-state index contributed by atoms with van der Waals surface area (Å²) in [6, 6.07) is 6.86. The number of nitrogens with one attached hydrogen (secondary N) is 2. The van der Waals surface area contributed by atoms with Crippen LogP contribution in [0.25, 0.3) is 0 Å². The summed E-state index contributed by atoms with van der Waals surface area (Å²) in [5.41, 5.74) is 1.04. The molecule has 0 amide bonds. The molecule has 1 saturated heterocycles. The topological polar surface area (TPSA) is 54.9 Å². The van der Waals surface area contributed by atoms with E-state index in [0.29, 0.717) is 25.7 Å². The maximum atomic E-state index is 13.4. The van der Waals surface area contributed by atoms with Gasteiger partial charge in [-0.2, -0.15) is 0 Å². The highest BCUT2D eigenvalue weighted by Crippen LogP contribution is 2.35. The Morgan fingerprint density at radius 2 is 1.90 bits per heavy atom. The molecule has 1 aliphatic heterocycles. The molecule has 0 bridgehead atoms. The second-order valence-corrected chi connectivity index (χ2v) is 7.84. The number of rotatable bonds is 10. The lowest BCUT2D eigenvalue weighted by Gasteiger charge is -2.36. The van der Waals surface area contributed by atoms with Crippen LogP contribution in [0.1, 0.15) is 45.6 Å². The van der Waals surface area contributed by atoms with Gasteiger partial charge in [0.1, 0.15) is 5.82 Å². The standard InChI is InChI=1S/C22H36FN3O2.HI/c1-4-24-21(25-12-5-13-28-16-18(2)3)26-17-22(10-14-27-15-11-22)19-6-8-20(23)9-7-19;/h6-9,18H,4-5,10-17H2,1-3H3,(H2,24,25,26);1H. The van der Waals surface area contributed by atoms with E-state index in [1.54, 1.807) is 0 Å². The van der Waals surface area contributed by atoms with E-state index in [0.717, 1.165) is 57.1 Å². The van der Waals surface area contributed by atoms with Gasteiger partial charge in [0.05, 0.1) is 6.54 Å². The van der Waals surface area contributed by atoms with Gasteiger partial charge in [0.2, 0.25) is 0 Å². The van der Waals surface area contributed by atoms with Gasteiger partial charge in [0.15, 0.2) is 5.96 Å². The monoisotopic (exact) mass is 521 g/mol. The number of nitrogens with zero attached hydrogens (tertiary/aromatic N) is 1. The molecule has 7 heteroatoms. The van der Waals surface area contributed by atoms with Crippen molar-refractivity contribution in [2.45, 2.75) is 45.4 Å². The smallest absolute Gasteiger partial charge is 0.191 e. The van der Waals surface area contributed by atoms with Crippen molar-refractivity contribution < 1.29 is 13.9 Å². The first-order chi connectivity index (χ1) is 13.6. The summed E-state index contributed by atoms with van der Waals surface area (Å²) >= 11 is 0. The number of guanidine groups is 1. The number of hydrogen-bond acceptors (Lipinski definition) is 3. The van der Waals surface area contributed by atoms with Crippen LogP contribution < -0.4 is 10.6 Å². The summed E-state index contributed by atoms with van der Waals surface area (Å²) in [5, 5.41) is 6.71. The molecule has 166 valence electrons. The van der Waals surface area contributed by atoms with Crippen molar-refractivity contribution in [2.75, 3.05) is 46.1 Å². The van der Waals surface area contributed by atoms with Crippen LogP contribution in [0.5, 0.6) is 0 Å². The second-order valence-electron chi connectivity index (χ2n) is 7.84. The number of ether oxygens (including phenoxy) is 2. The molecule has 2 N–H and O–H groups in total. The molecule has 0 aliphatic carbocycles. The lowest BCUT2D eigenvalue weighted by Crippen LogP contribution is -2.41. The molecule has 0 radical (unpaired) electrons. The van der Waals surface area contributed by atoms with Crippen LogP contribution >= 0.6 is 24.0 Å². The van der Waals surface area contributed by atoms with E-state index < -0.39 is 0 Å². The minimum atomic E-state index is -0.204. The van der Waals surface area contributed by atoms with E-state index in [2.05, 4.69) is 31.4 Å². The van der Waals surface area contributed by atoms with E-state index in [-0.39, 0.29) is 35.2 Å². The lowest BCUT2D eigenvalue weighted by molar-refractivity contribution is 0.0531. The third kappa shape index (κ3) is 9.17. The van der Waals surface area contributed by atoms with Gasteiger partial charge in [-0.05, 0) is 49.8 Å². The molecular formula is C22H37FIN3O2. The maximum Gasteiger partial charge on any atom is 0.191 e. The van der Waals surface area contributed by atoms with Gasteiger partial charge in [0, 0.05) is 44.9 Å². The molecule has 1 heterocycles. The van der Waals surface area contributed by atoms with Crippen molar-refractivity contribution in [1.82, 2.24) is 10.6 Å². The molecule has 1 aromatic carbocycles. The van der Waals surface area contributed by atoms with Gasteiger partial charge in [-0.1, -0.05) is 26.0 Å². The largest absolute Gasteiger partial charge is 0.381 e. The van der Waals surface area contributed by atoms with E-state index in [4.69, 9.17) is 14.5 Å². The summed E-state index contributed by atoms with van der Waals surface area (Å²) in [6.45, 7) is 11.6. The van der Waals surface area contributed by atoms with Gasteiger partial charge < -0.3 is 20.1 Å². The van der Waals surface area contributed by atoms with Crippen molar-refractivity contribution in [2.24, 2.45) is 10.9 Å². The van der Waals surface area contributed by atoms with Crippen LogP contribution in [0.15, 0.2) is 29.3 Å². The predicted molar refractivity (Wildman–Crippen MR) is 128 cm³/mol. The Labute approximate surface area is 192 Å². The summed E-state index contributed by atoms with van der Waals surface area (Å²) in [7, 11) is 0. The highest BCUT2D eigenvalue weighted by atomic mass is 127. The average Bonchev–Trinajstić information content (AvgIpc) is 2.69. The molecule has 5 nitrogen and oxygen atoms in total. The number of halogens is 2. The van der Waals surface area contributed by atoms with Gasteiger partial charge in [-0.15, -0.1) is 24.0 Å². The molecule has 1 aliphatic rings. The zero-order valence-electron chi connectivity index (χ0n) is 18.0. The normalized spacial score (nSPS) is 16.4. The van der Waals surface area contributed by atoms with Gasteiger partial charge in [-0.3, -0.25) is 4.99 Å². The molecule has 1 aromatic rings. The first-order valence-corrected chi connectivity index (χ1v) is 10.5. The Morgan fingerprint density at radius 1 is 1.21 bits per heavy atom. The number of aliphatic imine (C=N–C) groups is 1. The van der Waals surface area contributed by atoms with Crippen molar-refractivity contribution >= 4 is 29.9 Å². The van der Waals surface area contributed by atoms with Gasteiger partial charge >= 0.3 is 0 Å². The summed E-state index contributed by atoms with van der Waals surface area (Å²) in [5.74, 6) is 1.18. The van der Waals surface area contributed by atoms with Crippen molar-refractivity contribution in [1.29, 1.82) is 0 Å². The van der Waals surface area contributed by atoms with Crippen LogP contribution in [-0.2, 0) is 14.9 Å². The Morgan fingerprint density at radius 3 is 2.52 bits per heavy atom. The van der Waals surface area contributed by atoms with Crippen LogP contribution in [0.2, 0.25) is 0 Å². The fraction of sp³-hybridized carbons (Fsp3) is 0.682.